The molecule has 1 aromatic rings. The third kappa shape index (κ3) is 4.15. The van der Waals surface area contributed by atoms with E-state index in [1.807, 2.05) is 23.2 Å². The summed E-state index contributed by atoms with van der Waals surface area (Å²) in [5, 5.41) is 14.1. The maximum absolute atomic E-state index is 10.9. The molecule has 0 spiro atoms. The van der Waals surface area contributed by atoms with Crippen LogP contribution in [0.1, 0.15) is 29.1 Å². The Balaban J connectivity index is 2.42. The fourth-order valence-electron chi connectivity index (χ4n) is 1.30. The van der Waals surface area contributed by atoms with Crippen LogP contribution in [-0.2, 0) is 6.54 Å². The zero-order valence-electron chi connectivity index (χ0n) is 9.53. The summed E-state index contributed by atoms with van der Waals surface area (Å²) in [7, 11) is 0. The molecule has 5 heteroatoms. The molecule has 1 rings (SSSR count). The molecule has 0 saturated carbocycles. The van der Waals surface area contributed by atoms with Crippen molar-refractivity contribution < 1.29 is 9.90 Å². The highest BCUT2D eigenvalue weighted by Crippen LogP contribution is 2.16. The topological polar surface area (TPSA) is 49.3 Å². The van der Waals surface area contributed by atoms with E-state index in [0.717, 1.165) is 17.1 Å². The first-order chi connectivity index (χ1) is 7.65. The SMILES string of the molecule is CCSCC(C)NCc1ccsc1C(=O)O. The lowest BCUT2D eigenvalue weighted by atomic mass is 10.2. The molecular weight excluding hydrogens is 242 g/mol. The van der Waals surface area contributed by atoms with Crippen molar-refractivity contribution in [3.05, 3.63) is 21.9 Å². The number of thiophene rings is 1. The highest BCUT2D eigenvalue weighted by atomic mass is 32.2. The van der Waals surface area contributed by atoms with E-state index in [-0.39, 0.29) is 0 Å². The van der Waals surface area contributed by atoms with Gasteiger partial charge in [0.2, 0.25) is 0 Å². The number of hydrogen-bond donors (Lipinski definition) is 2. The molecule has 3 nitrogen and oxygen atoms in total. The van der Waals surface area contributed by atoms with Crippen molar-refractivity contribution in [1.82, 2.24) is 5.32 Å². The second kappa shape index (κ2) is 6.93. The Morgan fingerprint density at radius 1 is 1.69 bits per heavy atom. The molecule has 0 fully saturated rings. The van der Waals surface area contributed by atoms with E-state index in [0.29, 0.717) is 17.5 Å². The van der Waals surface area contributed by atoms with E-state index in [1.165, 1.54) is 11.3 Å². The van der Waals surface area contributed by atoms with Gasteiger partial charge in [0, 0.05) is 18.3 Å². The van der Waals surface area contributed by atoms with E-state index in [9.17, 15) is 4.79 Å². The van der Waals surface area contributed by atoms with Crippen molar-refractivity contribution in [1.29, 1.82) is 0 Å². The summed E-state index contributed by atoms with van der Waals surface area (Å²) in [5.41, 5.74) is 0.880. The third-order valence-electron chi connectivity index (χ3n) is 2.15. The first-order valence-corrected chi connectivity index (χ1v) is 7.29. The lowest BCUT2D eigenvalue weighted by molar-refractivity contribution is 0.0701. The van der Waals surface area contributed by atoms with Crippen molar-refractivity contribution in [3.8, 4) is 0 Å². The van der Waals surface area contributed by atoms with Crippen LogP contribution in [0.5, 0.6) is 0 Å². The van der Waals surface area contributed by atoms with Gasteiger partial charge in [-0.25, -0.2) is 4.79 Å². The molecular formula is C11H17NO2S2. The molecule has 1 heterocycles. The Hall–Kier alpha value is -0.520. The molecule has 0 aliphatic heterocycles. The number of thioether (sulfide) groups is 1. The molecule has 16 heavy (non-hydrogen) atoms. The monoisotopic (exact) mass is 259 g/mol. The van der Waals surface area contributed by atoms with Crippen LogP contribution in [0.3, 0.4) is 0 Å². The molecule has 0 amide bonds. The van der Waals surface area contributed by atoms with Gasteiger partial charge in [0.15, 0.2) is 0 Å². The minimum Gasteiger partial charge on any atom is -0.477 e. The van der Waals surface area contributed by atoms with Crippen LogP contribution >= 0.6 is 23.1 Å². The summed E-state index contributed by atoms with van der Waals surface area (Å²) in [6.45, 7) is 4.89. The Morgan fingerprint density at radius 2 is 2.44 bits per heavy atom. The maximum Gasteiger partial charge on any atom is 0.346 e. The second-order valence-electron chi connectivity index (χ2n) is 3.52. The van der Waals surface area contributed by atoms with Crippen molar-refractivity contribution in [2.75, 3.05) is 11.5 Å². The van der Waals surface area contributed by atoms with Crippen LogP contribution in [0.2, 0.25) is 0 Å². The van der Waals surface area contributed by atoms with Gasteiger partial charge in [0.25, 0.3) is 0 Å². The molecule has 0 bridgehead atoms. The van der Waals surface area contributed by atoms with Crippen LogP contribution in [0.4, 0.5) is 0 Å². The average molecular weight is 259 g/mol. The zero-order valence-corrected chi connectivity index (χ0v) is 11.2. The third-order valence-corrected chi connectivity index (χ3v) is 4.24. The standard InChI is InChI=1S/C11H17NO2S2/c1-3-15-7-8(2)12-6-9-4-5-16-10(9)11(13)14/h4-5,8,12H,3,6-7H2,1-2H3,(H,13,14). The van der Waals surface area contributed by atoms with Crippen LogP contribution in [0, 0.1) is 0 Å². The number of rotatable bonds is 7. The van der Waals surface area contributed by atoms with Gasteiger partial charge in [-0.05, 0) is 29.7 Å². The average Bonchev–Trinajstić information content (AvgIpc) is 2.71. The van der Waals surface area contributed by atoms with Crippen LogP contribution in [0.15, 0.2) is 11.4 Å². The maximum atomic E-state index is 10.9. The van der Waals surface area contributed by atoms with Crippen LogP contribution in [-0.4, -0.2) is 28.6 Å². The fraction of sp³-hybridized carbons (Fsp3) is 0.545. The largest absolute Gasteiger partial charge is 0.477 e. The van der Waals surface area contributed by atoms with Gasteiger partial charge in [-0.2, -0.15) is 11.8 Å². The molecule has 0 aliphatic rings. The molecule has 1 unspecified atom stereocenters. The summed E-state index contributed by atoms with van der Waals surface area (Å²) in [6, 6.07) is 2.28. The number of nitrogens with one attached hydrogen (secondary N) is 1. The highest BCUT2D eigenvalue weighted by Gasteiger charge is 2.11. The molecule has 1 aromatic heterocycles. The predicted molar refractivity (Wildman–Crippen MR) is 70.6 cm³/mol. The first-order valence-electron chi connectivity index (χ1n) is 5.26. The Kier molecular flexibility index (Phi) is 5.87. The van der Waals surface area contributed by atoms with E-state index in [4.69, 9.17) is 5.11 Å². The van der Waals surface area contributed by atoms with Gasteiger partial charge in [-0.1, -0.05) is 6.92 Å². The molecule has 0 saturated heterocycles. The molecule has 0 aromatic carbocycles. The normalized spacial score (nSPS) is 12.6. The van der Waals surface area contributed by atoms with Crippen molar-refractivity contribution in [2.24, 2.45) is 0 Å². The van der Waals surface area contributed by atoms with Crippen molar-refractivity contribution in [3.63, 3.8) is 0 Å². The smallest absolute Gasteiger partial charge is 0.346 e. The van der Waals surface area contributed by atoms with Gasteiger partial charge >= 0.3 is 5.97 Å². The number of carboxylic acids is 1. The summed E-state index contributed by atoms with van der Waals surface area (Å²) in [5.74, 6) is 1.34. The van der Waals surface area contributed by atoms with Crippen LogP contribution < -0.4 is 5.32 Å². The van der Waals surface area contributed by atoms with E-state index in [2.05, 4.69) is 19.2 Å². The van der Waals surface area contributed by atoms with Crippen molar-refractivity contribution in [2.45, 2.75) is 26.4 Å². The van der Waals surface area contributed by atoms with Gasteiger partial charge in [0.1, 0.15) is 4.88 Å². The van der Waals surface area contributed by atoms with Gasteiger partial charge < -0.3 is 10.4 Å². The fourth-order valence-corrected chi connectivity index (χ4v) is 2.77. The lowest BCUT2D eigenvalue weighted by Gasteiger charge is -2.12. The van der Waals surface area contributed by atoms with Crippen LogP contribution in [0.25, 0.3) is 0 Å². The van der Waals surface area contributed by atoms with Gasteiger partial charge in [0.05, 0.1) is 0 Å². The van der Waals surface area contributed by atoms with Gasteiger partial charge in [-0.15, -0.1) is 11.3 Å². The van der Waals surface area contributed by atoms with Crippen molar-refractivity contribution >= 4 is 29.1 Å². The molecule has 2 N–H and O–H groups in total. The summed E-state index contributed by atoms with van der Waals surface area (Å²) in [6.07, 6.45) is 0. The number of hydrogen-bond acceptors (Lipinski definition) is 4. The number of carboxylic acid groups (broad SMARTS) is 1. The summed E-state index contributed by atoms with van der Waals surface area (Å²) >= 11 is 3.17. The minimum absolute atomic E-state index is 0.409. The number of aromatic carboxylic acids is 1. The molecule has 90 valence electrons. The molecule has 1 atom stereocenters. The zero-order chi connectivity index (χ0) is 12.0. The summed E-state index contributed by atoms with van der Waals surface area (Å²) < 4.78 is 0. The van der Waals surface area contributed by atoms with E-state index < -0.39 is 5.97 Å². The van der Waals surface area contributed by atoms with Gasteiger partial charge in [-0.3, -0.25) is 0 Å². The van der Waals surface area contributed by atoms with E-state index in [1.54, 1.807) is 0 Å². The Bertz CT molecular complexity index is 338. The summed E-state index contributed by atoms with van der Waals surface area (Å²) in [4.78, 5) is 11.3. The minimum atomic E-state index is -0.831. The Morgan fingerprint density at radius 3 is 3.06 bits per heavy atom. The quantitative estimate of drug-likeness (QED) is 0.790. The van der Waals surface area contributed by atoms with E-state index >= 15 is 0 Å². The predicted octanol–water partition coefficient (Wildman–Crippen LogP) is 2.68. The molecule has 0 radical (unpaired) electrons. The highest BCUT2D eigenvalue weighted by molar-refractivity contribution is 7.99. The first kappa shape index (κ1) is 13.5. The second-order valence-corrected chi connectivity index (χ2v) is 5.76. The number of carbonyl (C=O) groups is 1. The molecule has 0 aliphatic carbocycles. The Labute approximate surface area is 104 Å². The lowest BCUT2D eigenvalue weighted by Crippen LogP contribution is -2.28.